The van der Waals surface area contributed by atoms with E-state index >= 15 is 0 Å². The first-order valence-corrected chi connectivity index (χ1v) is 7.63. The third kappa shape index (κ3) is 4.07. The number of ether oxygens (including phenoxy) is 1. The molecule has 2 atom stereocenters. The van der Waals surface area contributed by atoms with E-state index in [1.807, 2.05) is 51.1 Å². The molecule has 1 aliphatic rings. The van der Waals surface area contributed by atoms with Gasteiger partial charge < -0.3 is 19.7 Å². The van der Waals surface area contributed by atoms with Crippen molar-refractivity contribution in [1.29, 1.82) is 0 Å². The Morgan fingerprint density at radius 2 is 2.05 bits per heavy atom. The second-order valence-electron chi connectivity index (χ2n) is 6.52. The van der Waals surface area contributed by atoms with Crippen LogP contribution in [0.2, 0.25) is 0 Å². The highest BCUT2D eigenvalue weighted by Gasteiger charge is 2.35. The molecule has 0 saturated carbocycles. The number of amides is 1. The summed E-state index contributed by atoms with van der Waals surface area (Å²) in [5.41, 5.74) is 0.371. The molecule has 120 valence electrons. The largest absolute Gasteiger partial charge is 0.444 e. The second-order valence-corrected chi connectivity index (χ2v) is 6.52. The van der Waals surface area contributed by atoms with E-state index in [4.69, 9.17) is 4.74 Å². The van der Waals surface area contributed by atoms with E-state index in [1.165, 1.54) is 0 Å². The monoisotopic (exact) mass is 304 g/mol. The molecule has 0 spiro atoms. The van der Waals surface area contributed by atoms with Crippen LogP contribution in [0.5, 0.6) is 0 Å². The van der Waals surface area contributed by atoms with Gasteiger partial charge in [-0.15, -0.1) is 0 Å². The van der Waals surface area contributed by atoms with Crippen molar-refractivity contribution in [1.82, 2.24) is 10.2 Å². The first-order valence-electron chi connectivity index (χ1n) is 7.63. The minimum absolute atomic E-state index is 0.233. The summed E-state index contributed by atoms with van der Waals surface area (Å²) in [7, 11) is 0. The zero-order valence-corrected chi connectivity index (χ0v) is 13.4. The van der Waals surface area contributed by atoms with Crippen molar-refractivity contribution in [3.8, 4) is 0 Å². The second kappa shape index (κ2) is 6.92. The van der Waals surface area contributed by atoms with Gasteiger partial charge in [-0.05, 0) is 26.3 Å². The Morgan fingerprint density at radius 3 is 2.64 bits per heavy atom. The summed E-state index contributed by atoms with van der Waals surface area (Å²) in [5.74, 6) is -0.360. The smallest absolute Gasteiger partial charge is 0.410 e. The predicted octanol–water partition coefficient (Wildman–Crippen LogP) is 2.18. The van der Waals surface area contributed by atoms with Crippen LogP contribution in [0, 0.1) is 0 Å². The summed E-state index contributed by atoms with van der Waals surface area (Å²) in [6, 6.07) is 9.32. The number of nitrogens with one attached hydrogen (secondary N) is 1. The number of benzene rings is 1. The first kappa shape index (κ1) is 16.5. The van der Waals surface area contributed by atoms with E-state index in [1.54, 1.807) is 4.90 Å². The normalized spacial score (nSPS) is 20.3. The van der Waals surface area contributed by atoms with Crippen LogP contribution in [0.25, 0.3) is 0 Å². The van der Waals surface area contributed by atoms with Gasteiger partial charge in [0.1, 0.15) is 11.9 Å². The summed E-state index contributed by atoms with van der Waals surface area (Å²) >= 11 is 0. The maximum absolute atomic E-state index is 12.4. The van der Waals surface area contributed by atoms with Crippen LogP contribution in [-0.4, -0.2) is 48.6 Å². The Bertz CT molecular complexity index is 510. The number of piperazine rings is 1. The average molecular weight is 304 g/mol. The van der Waals surface area contributed by atoms with Gasteiger partial charge in [-0.2, -0.15) is 0 Å². The molecule has 1 aromatic rings. The minimum Gasteiger partial charge on any atom is -0.444 e. The van der Waals surface area contributed by atoms with Crippen LogP contribution in [-0.2, 0) is 9.53 Å². The molecule has 0 radical (unpaired) electrons. The van der Waals surface area contributed by atoms with Gasteiger partial charge in [0, 0.05) is 19.6 Å². The number of carbonyl (C=O) groups excluding carboxylic acids is 2. The third-order valence-corrected chi connectivity index (χ3v) is 3.66. The van der Waals surface area contributed by atoms with Crippen molar-refractivity contribution in [3.05, 3.63) is 35.9 Å². The van der Waals surface area contributed by atoms with Gasteiger partial charge in [0.05, 0.1) is 12.0 Å². The fraction of sp³-hybridized carbons (Fsp3) is 0.529. The molecule has 1 aliphatic heterocycles. The van der Waals surface area contributed by atoms with Crippen LogP contribution in [0.3, 0.4) is 0 Å². The predicted molar refractivity (Wildman–Crippen MR) is 84.8 cm³/mol. The van der Waals surface area contributed by atoms with E-state index in [9.17, 15) is 9.59 Å². The van der Waals surface area contributed by atoms with Crippen LogP contribution in [0.4, 0.5) is 4.79 Å². The molecule has 0 aliphatic carbocycles. The molecule has 1 amide bonds. The molecule has 22 heavy (non-hydrogen) atoms. The fourth-order valence-electron chi connectivity index (χ4n) is 2.66. The SMILES string of the molecule is CC(C)(C)OC(=O)N1CCNCC1C(C=O)c1ccccc1. The summed E-state index contributed by atoms with van der Waals surface area (Å²) < 4.78 is 5.48. The molecule has 0 bridgehead atoms. The zero-order valence-electron chi connectivity index (χ0n) is 13.4. The van der Waals surface area contributed by atoms with Crippen molar-refractivity contribution in [2.45, 2.75) is 38.3 Å². The van der Waals surface area contributed by atoms with Gasteiger partial charge in [0.15, 0.2) is 0 Å². The molecule has 1 saturated heterocycles. The van der Waals surface area contributed by atoms with E-state index in [0.717, 1.165) is 11.8 Å². The van der Waals surface area contributed by atoms with E-state index in [2.05, 4.69) is 5.32 Å². The van der Waals surface area contributed by atoms with E-state index < -0.39 is 5.60 Å². The third-order valence-electron chi connectivity index (χ3n) is 3.66. The Hall–Kier alpha value is -1.88. The number of hydrogen-bond donors (Lipinski definition) is 1. The highest BCUT2D eigenvalue weighted by molar-refractivity contribution is 5.71. The number of carbonyl (C=O) groups is 2. The van der Waals surface area contributed by atoms with Crippen LogP contribution in [0.15, 0.2) is 30.3 Å². The van der Waals surface area contributed by atoms with E-state index in [-0.39, 0.29) is 18.1 Å². The molecule has 1 N–H and O–H groups in total. The highest BCUT2D eigenvalue weighted by Crippen LogP contribution is 2.24. The van der Waals surface area contributed by atoms with Gasteiger partial charge >= 0.3 is 6.09 Å². The summed E-state index contributed by atoms with van der Waals surface area (Å²) in [6.45, 7) is 7.36. The van der Waals surface area contributed by atoms with E-state index in [0.29, 0.717) is 19.6 Å². The maximum atomic E-state index is 12.4. The lowest BCUT2D eigenvalue weighted by Crippen LogP contribution is -2.57. The Morgan fingerprint density at radius 1 is 1.36 bits per heavy atom. The molecule has 1 aromatic carbocycles. The summed E-state index contributed by atoms with van der Waals surface area (Å²) in [6.07, 6.45) is 0.562. The standard InChI is InChI=1S/C17H24N2O3/c1-17(2,3)22-16(21)19-10-9-18-11-15(19)14(12-20)13-7-5-4-6-8-13/h4-8,12,14-15,18H,9-11H2,1-3H3. The Balaban J connectivity index is 2.21. The number of rotatable bonds is 3. The van der Waals surface area contributed by atoms with Crippen molar-refractivity contribution in [2.75, 3.05) is 19.6 Å². The van der Waals surface area contributed by atoms with Gasteiger partial charge in [0.25, 0.3) is 0 Å². The van der Waals surface area contributed by atoms with Crippen molar-refractivity contribution in [2.24, 2.45) is 0 Å². The van der Waals surface area contributed by atoms with Gasteiger partial charge in [-0.3, -0.25) is 0 Å². The molecule has 5 heteroatoms. The topological polar surface area (TPSA) is 58.6 Å². The number of aldehydes is 1. The Labute approximate surface area is 131 Å². The zero-order chi connectivity index (χ0) is 16.2. The van der Waals surface area contributed by atoms with Crippen LogP contribution < -0.4 is 5.32 Å². The quantitative estimate of drug-likeness (QED) is 0.870. The minimum atomic E-state index is -0.546. The molecule has 1 fully saturated rings. The van der Waals surface area contributed by atoms with Crippen molar-refractivity contribution in [3.63, 3.8) is 0 Å². The lowest BCUT2D eigenvalue weighted by molar-refractivity contribution is -0.110. The average Bonchev–Trinajstić information content (AvgIpc) is 2.48. The van der Waals surface area contributed by atoms with Gasteiger partial charge in [0.2, 0.25) is 0 Å². The molecular formula is C17H24N2O3. The van der Waals surface area contributed by atoms with Crippen LogP contribution in [0.1, 0.15) is 32.3 Å². The maximum Gasteiger partial charge on any atom is 0.410 e. The number of hydrogen-bond acceptors (Lipinski definition) is 4. The lowest BCUT2D eigenvalue weighted by Gasteiger charge is -2.39. The van der Waals surface area contributed by atoms with Gasteiger partial charge in [-0.1, -0.05) is 30.3 Å². The highest BCUT2D eigenvalue weighted by atomic mass is 16.6. The Kier molecular flexibility index (Phi) is 5.19. The van der Waals surface area contributed by atoms with Crippen molar-refractivity contribution >= 4 is 12.4 Å². The number of nitrogens with zero attached hydrogens (tertiary/aromatic N) is 1. The van der Waals surface area contributed by atoms with Crippen LogP contribution >= 0.6 is 0 Å². The molecule has 0 aromatic heterocycles. The van der Waals surface area contributed by atoms with Crippen molar-refractivity contribution < 1.29 is 14.3 Å². The summed E-state index contributed by atoms with van der Waals surface area (Å²) in [4.78, 5) is 25.8. The molecule has 2 rings (SSSR count). The fourth-order valence-corrected chi connectivity index (χ4v) is 2.66. The molecule has 5 nitrogen and oxygen atoms in total. The first-order chi connectivity index (χ1) is 10.4. The molecular weight excluding hydrogens is 280 g/mol. The molecule has 1 heterocycles. The van der Waals surface area contributed by atoms with Gasteiger partial charge in [-0.25, -0.2) is 4.79 Å². The molecule has 2 unspecified atom stereocenters. The lowest BCUT2D eigenvalue weighted by atomic mass is 9.90. The summed E-state index contributed by atoms with van der Waals surface area (Å²) in [5, 5.41) is 3.26.